The highest BCUT2D eigenvalue weighted by molar-refractivity contribution is 6.51. The molecule has 0 spiro atoms. The second-order valence-corrected chi connectivity index (χ2v) is 9.73. The summed E-state index contributed by atoms with van der Waals surface area (Å²) in [5, 5.41) is 11.4. The first kappa shape index (κ1) is 25.5. The maximum atomic E-state index is 14.2. The molecule has 0 bridgehead atoms. The van der Waals surface area contributed by atoms with Crippen LogP contribution in [0.15, 0.2) is 72.3 Å². The van der Waals surface area contributed by atoms with Gasteiger partial charge in [0, 0.05) is 37.6 Å². The molecular weight excluding hydrogens is 485 g/mol. The molecule has 5 rings (SSSR count). The van der Waals surface area contributed by atoms with Gasteiger partial charge in [0.1, 0.15) is 17.3 Å². The van der Waals surface area contributed by atoms with Crippen molar-refractivity contribution >= 4 is 28.8 Å². The minimum Gasteiger partial charge on any atom is -0.507 e. The number of likely N-dealkylation sites (N-methyl/N-ethyl adjacent to an activating group) is 1. The fourth-order valence-corrected chi connectivity index (χ4v) is 5.15. The van der Waals surface area contributed by atoms with Crippen molar-refractivity contribution in [2.24, 2.45) is 0 Å². The normalized spacial score (nSPS) is 19.7. The summed E-state index contributed by atoms with van der Waals surface area (Å²) in [6.45, 7) is 5.65. The Labute approximate surface area is 221 Å². The third-order valence-electron chi connectivity index (χ3n) is 7.22. The van der Waals surface area contributed by atoms with E-state index in [9.17, 15) is 19.1 Å². The number of benzene rings is 3. The van der Waals surface area contributed by atoms with Crippen molar-refractivity contribution in [1.82, 2.24) is 4.90 Å². The lowest BCUT2D eigenvalue weighted by atomic mass is 9.94. The zero-order valence-electron chi connectivity index (χ0n) is 21.6. The topological polar surface area (TPSA) is 73.3 Å². The quantitative estimate of drug-likeness (QED) is 0.306. The molecule has 1 N–H and O–H groups in total. The number of methoxy groups -OCH3 is 1. The first-order valence-electron chi connectivity index (χ1n) is 12.5. The average molecular weight is 516 g/mol. The van der Waals surface area contributed by atoms with Crippen LogP contribution in [0.3, 0.4) is 0 Å². The van der Waals surface area contributed by atoms with Gasteiger partial charge in [-0.1, -0.05) is 29.8 Å². The third kappa shape index (κ3) is 4.63. The smallest absolute Gasteiger partial charge is 0.300 e. The van der Waals surface area contributed by atoms with E-state index in [1.54, 1.807) is 0 Å². The van der Waals surface area contributed by atoms with Crippen LogP contribution in [0.4, 0.5) is 15.8 Å². The van der Waals surface area contributed by atoms with E-state index in [-0.39, 0.29) is 16.9 Å². The molecule has 1 unspecified atom stereocenters. The Hall–Kier alpha value is -4.17. The van der Waals surface area contributed by atoms with Crippen LogP contribution < -0.4 is 14.5 Å². The van der Waals surface area contributed by atoms with Crippen LogP contribution in [-0.2, 0) is 9.59 Å². The van der Waals surface area contributed by atoms with E-state index in [0.717, 1.165) is 43.5 Å². The first-order valence-corrected chi connectivity index (χ1v) is 12.5. The number of Topliss-reactive ketones (excluding diaryl/α,β-unsaturated/α-hetero) is 1. The number of ether oxygens (including phenoxy) is 1. The van der Waals surface area contributed by atoms with Gasteiger partial charge in [0.05, 0.1) is 24.3 Å². The highest BCUT2D eigenvalue weighted by Crippen LogP contribution is 2.43. The van der Waals surface area contributed by atoms with Crippen LogP contribution in [-0.4, -0.2) is 62.0 Å². The third-order valence-corrected chi connectivity index (χ3v) is 7.22. The van der Waals surface area contributed by atoms with Gasteiger partial charge in [-0.25, -0.2) is 4.39 Å². The van der Waals surface area contributed by atoms with Crippen molar-refractivity contribution in [3.63, 3.8) is 0 Å². The number of anilines is 2. The maximum absolute atomic E-state index is 14.2. The van der Waals surface area contributed by atoms with Crippen LogP contribution in [0.2, 0.25) is 0 Å². The van der Waals surface area contributed by atoms with Crippen molar-refractivity contribution < 1.29 is 23.8 Å². The van der Waals surface area contributed by atoms with Crippen LogP contribution in [0, 0.1) is 12.7 Å². The number of carbonyl (C=O) groups is 2. The second-order valence-electron chi connectivity index (χ2n) is 9.73. The first-order chi connectivity index (χ1) is 18.3. The van der Waals surface area contributed by atoms with Gasteiger partial charge in [-0.3, -0.25) is 14.5 Å². The predicted octanol–water partition coefficient (Wildman–Crippen LogP) is 4.52. The zero-order valence-corrected chi connectivity index (χ0v) is 21.6. The molecule has 3 aromatic rings. The van der Waals surface area contributed by atoms with Gasteiger partial charge >= 0.3 is 0 Å². The van der Waals surface area contributed by atoms with Gasteiger partial charge in [0.15, 0.2) is 0 Å². The van der Waals surface area contributed by atoms with Crippen molar-refractivity contribution in [2.45, 2.75) is 13.0 Å². The summed E-state index contributed by atoms with van der Waals surface area (Å²) >= 11 is 0. The van der Waals surface area contributed by atoms with Crippen molar-refractivity contribution in [3.05, 3.63) is 94.8 Å². The highest BCUT2D eigenvalue weighted by atomic mass is 19.1. The molecule has 196 valence electrons. The zero-order chi connectivity index (χ0) is 27.0. The Balaban J connectivity index is 1.62. The molecule has 2 saturated heterocycles. The monoisotopic (exact) mass is 515 g/mol. The van der Waals surface area contributed by atoms with Crippen LogP contribution >= 0.6 is 0 Å². The standard InChI is InChI=1S/C30H30FN3O4/c1-19-5-4-6-20(17-19)27-26(28(35)24-18-21(31)7-12-25(24)38-3)29(36)30(37)34(27)23-10-8-22(9-11-23)33-15-13-32(2)14-16-33/h4-12,17-18,27,35H,13-16H2,1-3H3/b28-26+. The van der Waals surface area contributed by atoms with Gasteiger partial charge in [0.2, 0.25) is 0 Å². The lowest BCUT2D eigenvalue weighted by molar-refractivity contribution is -0.132. The number of hydrogen-bond donors (Lipinski definition) is 1. The Morgan fingerprint density at radius 2 is 1.63 bits per heavy atom. The SMILES string of the molecule is COc1ccc(F)cc1/C(O)=C1\C(=O)C(=O)N(c2ccc(N3CCN(C)CC3)cc2)C1c1cccc(C)c1. The fraction of sp³-hybridized carbons (Fsp3) is 0.267. The van der Waals surface area contributed by atoms with E-state index in [1.165, 1.54) is 24.1 Å². The van der Waals surface area contributed by atoms with E-state index in [4.69, 9.17) is 4.74 Å². The van der Waals surface area contributed by atoms with Gasteiger partial charge in [0.25, 0.3) is 11.7 Å². The number of hydrogen-bond acceptors (Lipinski definition) is 6. The van der Waals surface area contributed by atoms with Gasteiger partial charge < -0.3 is 19.6 Å². The number of piperazine rings is 1. The molecule has 2 aliphatic rings. The summed E-state index contributed by atoms with van der Waals surface area (Å²) in [5.74, 6) is -2.50. The van der Waals surface area contributed by atoms with Crippen LogP contribution in [0.5, 0.6) is 5.75 Å². The van der Waals surface area contributed by atoms with Gasteiger partial charge in [-0.15, -0.1) is 0 Å². The van der Waals surface area contributed by atoms with E-state index in [2.05, 4.69) is 16.8 Å². The van der Waals surface area contributed by atoms with Crippen LogP contribution in [0.1, 0.15) is 22.7 Å². The molecular formula is C30H30FN3O4. The largest absolute Gasteiger partial charge is 0.507 e. The Morgan fingerprint density at radius 1 is 0.947 bits per heavy atom. The van der Waals surface area contributed by atoms with Crippen molar-refractivity contribution in [3.8, 4) is 5.75 Å². The molecule has 8 heteroatoms. The van der Waals surface area contributed by atoms with E-state index in [0.29, 0.717) is 11.3 Å². The number of nitrogens with zero attached hydrogens (tertiary/aromatic N) is 3. The predicted molar refractivity (Wildman–Crippen MR) is 145 cm³/mol. The van der Waals surface area contributed by atoms with E-state index >= 15 is 0 Å². The minimum absolute atomic E-state index is 0.00793. The molecule has 7 nitrogen and oxygen atoms in total. The number of aliphatic hydroxyl groups excluding tert-OH is 1. The van der Waals surface area contributed by atoms with Crippen molar-refractivity contribution in [1.29, 1.82) is 0 Å². The lowest BCUT2D eigenvalue weighted by Crippen LogP contribution is -2.44. The number of aryl methyl sites for hydroxylation is 1. The summed E-state index contributed by atoms with van der Waals surface area (Å²) in [6, 6.07) is 17.7. The lowest BCUT2D eigenvalue weighted by Gasteiger charge is -2.34. The molecule has 1 amide bonds. The molecule has 38 heavy (non-hydrogen) atoms. The molecule has 3 aromatic carbocycles. The number of carbonyl (C=O) groups excluding carboxylic acids is 2. The van der Waals surface area contributed by atoms with Gasteiger partial charge in [-0.2, -0.15) is 0 Å². The summed E-state index contributed by atoms with van der Waals surface area (Å²) in [5.41, 5.74) is 3.05. The summed E-state index contributed by atoms with van der Waals surface area (Å²) in [6.07, 6.45) is 0. The van der Waals surface area contributed by atoms with E-state index in [1.807, 2.05) is 55.5 Å². The van der Waals surface area contributed by atoms with Crippen molar-refractivity contribution in [2.75, 3.05) is 50.1 Å². The summed E-state index contributed by atoms with van der Waals surface area (Å²) in [4.78, 5) is 32.9. The summed E-state index contributed by atoms with van der Waals surface area (Å²) in [7, 11) is 3.49. The highest BCUT2D eigenvalue weighted by Gasteiger charge is 2.47. The number of rotatable bonds is 5. The van der Waals surface area contributed by atoms with Gasteiger partial charge in [-0.05, 0) is 62.0 Å². The number of amides is 1. The molecule has 0 radical (unpaired) electrons. The molecule has 0 aliphatic carbocycles. The Morgan fingerprint density at radius 3 is 2.29 bits per heavy atom. The van der Waals surface area contributed by atoms with E-state index < -0.39 is 29.3 Å². The molecule has 2 fully saturated rings. The average Bonchev–Trinajstić information content (AvgIpc) is 3.19. The summed E-state index contributed by atoms with van der Waals surface area (Å²) < 4.78 is 19.5. The minimum atomic E-state index is -0.905. The fourth-order valence-electron chi connectivity index (χ4n) is 5.15. The molecule has 1 atom stereocenters. The molecule has 2 aliphatic heterocycles. The van der Waals surface area contributed by atoms with Crippen LogP contribution in [0.25, 0.3) is 5.76 Å². The number of halogens is 1. The second kappa shape index (κ2) is 10.3. The molecule has 0 aromatic heterocycles. The number of ketones is 1. The molecule has 2 heterocycles. The number of aliphatic hydroxyl groups is 1. The maximum Gasteiger partial charge on any atom is 0.300 e. The Bertz CT molecular complexity index is 1410. The Kier molecular flexibility index (Phi) is 6.91. The molecule has 0 saturated carbocycles.